The molecule has 0 heteroatoms. The van der Waals surface area contributed by atoms with Crippen LogP contribution in [0.5, 0.6) is 0 Å². The highest BCUT2D eigenvalue weighted by molar-refractivity contribution is 6.05. The van der Waals surface area contributed by atoms with Gasteiger partial charge in [0.25, 0.3) is 0 Å². The number of aryl methyl sites for hydroxylation is 2. The first kappa shape index (κ1) is 24.9. The van der Waals surface area contributed by atoms with Crippen LogP contribution in [0.1, 0.15) is 47.2 Å². The van der Waals surface area contributed by atoms with Gasteiger partial charge in [0.2, 0.25) is 0 Å². The molecule has 0 saturated heterocycles. The lowest BCUT2D eigenvalue weighted by molar-refractivity contribution is 1.46. The van der Waals surface area contributed by atoms with Crippen molar-refractivity contribution in [1.82, 2.24) is 0 Å². The molecule has 0 spiro atoms. The Hall–Kier alpha value is -4.78. The summed E-state index contributed by atoms with van der Waals surface area (Å²) < 4.78 is 0. The number of benzene rings is 6. The Balaban J connectivity index is 0.00000144. The van der Waals surface area contributed by atoms with Gasteiger partial charge in [-0.15, -0.1) is 0 Å². The quantitative estimate of drug-likeness (QED) is 0.148. The van der Waals surface area contributed by atoms with E-state index in [4.69, 9.17) is 0 Å². The smallest absolute Gasteiger partial charge is 0.0255 e. The lowest BCUT2D eigenvalue weighted by Gasteiger charge is -2.06. The van der Waals surface area contributed by atoms with Gasteiger partial charge in [-0.2, -0.15) is 0 Å². The third-order valence-electron chi connectivity index (χ3n) is 6.56. The fourth-order valence-electron chi connectivity index (χ4n) is 4.47. The van der Waals surface area contributed by atoms with E-state index in [2.05, 4.69) is 147 Å². The Bertz CT molecular complexity index is 1740. The molecular formula is C38H30. The Morgan fingerprint density at radius 3 is 1.00 bits per heavy atom. The third kappa shape index (κ3) is 5.62. The van der Waals surface area contributed by atoms with Crippen LogP contribution in [0, 0.1) is 37.5 Å². The molecule has 0 aromatic heterocycles. The first-order valence-corrected chi connectivity index (χ1v) is 13.2. The van der Waals surface area contributed by atoms with Gasteiger partial charge in [-0.25, -0.2) is 0 Å². The average Bonchev–Trinajstić information content (AvgIpc) is 2.95. The van der Waals surface area contributed by atoms with Crippen molar-refractivity contribution in [2.45, 2.75) is 27.7 Å². The van der Waals surface area contributed by atoms with Crippen LogP contribution in [0.25, 0.3) is 32.3 Å². The van der Waals surface area contributed by atoms with Crippen LogP contribution in [-0.2, 0) is 0 Å². The summed E-state index contributed by atoms with van der Waals surface area (Å²) in [6, 6.07) is 38.7. The molecule has 0 fully saturated rings. The molecule has 0 atom stereocenters. The molecule has 6 aromatic rings. The van der Waals surface area contributed by atoms with Crippen molar-refractivity contribution in [2.24, 2.45) is 0 Å². The second-order valence-corrected chi connectivity index (χ2v) is 9.41. The minimum Gasteiger partial charge on any atom is -0.0683 e. The molecule has 0 bridgehead atoms. The average molecular weight is 487 g/mol. The van der Waals surface area contributed by atoms with Crippen LogP contribution >= 0.6 is 0 Å². The predicted molar refractivity (Wildman–Crippen MR) is 165 cm³/mol. The highest BCUT2D eigenvalue weighted by atomic mass is 14.1. The molecule has 0 nitrogen and oxygen atoms in total. The van der Waals surface area contributed by atoms with E-state index in [9.17, 15) is 0 Å². The van der Waals surface area contributed by atoms with E-state index < -0.39 is 0 Å². The van der Waals surface area contributed by atoms with E-state index in [0.29, 0.717) is 0 Å². The summed E-state index contributed by atoms with van der Waals surface area (Å²) in [5.74, 6) is 13.2. The van der Waals surface area contributed by atoms with Crippen molar-refractivity contribution in [3.8, 4) is 23.7 Å². The molecule has 182 valence electrons. The predicted octanol–water partition coefficient (Wildman–Crippen LogP) is 9.59. The van der Waals surface area contributed by atoms with Gasteiger partial charge in [0.15, 0.2) is 0 Å². The van der Waals surface area contributed by atoms with Gasteiger partial charge in [0.05, 0.1) is 0 Å². The van der Waals surface area contributed by atoms with Crippen molar-refractivity contribution < 1.29 is 0 Å². The zero-order valence-electron chi connectivity index (χ0n) is 22.4. The normalized spacial score (nSPS) is 10.2. The lowest BCUT2D eigenvalue weighted by Crippen LogP contribution is -1.83. The fourth-order valence-corrected chi connectivity index (χ4v) is 4.47. The maximum absolute atomic E-state index is 3.32. The highest BCUT2D eigenvalue weighted by Crippen LogP contribution is 2.28. The van der Waals surface area contributed by atoms with Crippen molar-refractivity contribution in [2.75, 3.05) is 0 Å². The number of fused-ring (bicyclic) bond motifs is 3. The summed E-state index contributed by atoms with van der Waals surface area (Å²) in [7, 11) is 0. The van der Waals surface area contributed by atoms with Crippen molar-refractivity contribution >= 4 is 32.3 Å². The molecule has 0 N–H and O–H groups in total. The summed E-state index contributed by atoms with van der Waals surface area (Å²) in [5, 5.41) is 7.32. The summed E-state index contributed by atoms with van der Waals surface area (Å²) in [6.45, 7) is 8.18. The summed E-state index contributed by atoms with van der Waals surface area (Å²) in [5.41, 5.74) is 6.62. The molecule has 0 saturated carbocycles. The van der Waals surface area contributed by atoms with Crippen molar-refractivity contribution in [3.05, 3.63) is 143 Å². The maximum Gasteiger partial charge on any atom is 0.0255 e. The van der Waals surface area contributed by atoms with Crippen LogP contribution in [0.4, 0.5) is 0 Å². The highest BCUT2D eigenvalue weighted by Gasteiger charge is 2.03. The summed E-state index contributed by atoms with van der Waals surface area (Å²) >= 11 is 0. The molecule has 0 aliphatic carbocycles. The topological polar surface area (TPSA) is 0 Å². The Kier molecular flexibility index (Phi) is 7.26. The van der Waals surface area contributed by atoms with Gasteiger partial charge >= 0.3 is 0 Å². The number of hydrogen-bond acceptors (Lipinski definition) is 0. The lowest BCUT2D eigenvalue weighted by atomic mass is 9.98. The van der Waals surface area contributed by atoms with Crippen LogP contribution in [0.2, 0.25) is 0 Å². The first-order valence-electron chi connectivity index (χ1n) is 13.2. The van der Waals surface area contributed by atoms with Crippen LogP contribution < -0.4 is 0 Å². The Morgan fingerprint density at radius 2 is 0.605 bits per heavy atom. The molecule has 0 radical (unpaired) electrons. The second-order valence-electron chi connectivity index (χ2n) is 9.41. The zero-order valence-corrected chi connectivity index (χ0v) is 22.4. The SMILES string of the molecule is CC.Cc1ccc(C#Cc2ccc3cc4cc5cc(C#Cc6ccc(C)cc6)ccc5cc4cc3c2)cc1. The van der Waals surface area contributed by atoms with E-state index in [1.807, 2.05) is 13.8 Å². The molecule has 0 heterocycles. The van der Waals surface area contributed by atoms with Crippen molar-refractivity contribution in [1.29, 1.82) is 0 Å². The largest absolute Gasteiger partial charge is 0.0683 e. The van der Waals surface area contributed by atoms with E-state index in [0.717, 1.165) is 22.3 Å². The van der Waals surface area contributed by atoms with Gasteiger partial charge in [-0.1, -0.05) is 85.1 Å². The van der Waals surface area contributed by atoms with Crippen molar-refractivity contribution in [3.63, 3.8) is 0 Å². The van der Waals surface area contributed by atoms with Gasteiger partial charge in [0, 0.05) is 22.3 Å². The van der Waals surface area contributed by atoms with E-state index >= 15 is 0 Å². The molecule has 38 heavy (non-hydrogen) atoms. The molecule has 6 rings (SSSR count). The third-order valence-corrected chi connectivity index (χ3v) is 6.56. The first-order chi connectivity index (χ1) is 18.6. The van der Waals surface area contributed by atoms with Gasteiger partial charge in [-0.3, -0.25) is 0 Å². The monoisotopic (exact) mass is 486 g/mol. The van der Waals surface area contributed by atoms with E-state index in [-0.39, 0.29) is 0 Å². The zero-order chi connectivity index (χ0) is 26.5. The minimum atomic E-state index is 1.03. The van der Waals surface area contributed by atoms with E-state index in [1.165, 1.54) is 43.4 Å². The van der Waals surface area contributed by atoms with Gasteiger partial charge in [0.1, 0.15) is 0 Å². The standard InChI is InChI=1S/C36H24.C2H6/c1-25-3-7-27(8-4-25)11-13-29-15-17-31-21-36-24-34-20-30(14-12-28-9-5-26(2)6-10-28)16-18-32(34)22-35(36)23-33(31)19-29;1-2/h3-10,15-24H,1-2H3;1-2H3. The molecule has 0 amide bonds. The molecule has 0 aliphatic heterocycles. The summed E-state index contributed by atoms with van der Waals surface area (Å²) in [6.07, 6.45) is 0. The number of hydrogen-bond donors (Lipinski definition) is 0. The van der Waals surface area contributed by atoms with Crippen LogP contribution in [0.15, 0.2) is 109 Å². The molecule has 0 aliphatic rings. The Morgan fingerprint density at radius 1 is 0.316 bits per heavy atom. The second kappa shape index (κ2) is 11.1. The van der Waals surface area contributed by atoms with Gasteiger partial charge < -0.3 is 0 Å². The molecular weight excluding hydrogens is 456 g/mol. The number of rotatable bonds is 0. The minimum absolute atomic E-state index is 1.03. The fraction of sp³-hybridized carbons (Fsp3) is 0.105. The maximum atomic E-state index is 3.32. The van der Waals surface area contributed by atoms with Crippen LogP contribution in [0.3, 0.4) is 0 Å². The van der Waals surface area contributed by atoms with E-state index in [1.54, 1.807) is 0 Å². The summed E-state index contributed by atoms with van der Waals surface area (Å²) in [4.78, 5) is 0. The van der Waals surface area contributed by atoms with Crippen LogP contribution in [-0.4, -0.2) is 0 Å². The van der Waals surface area contributed by atoms with Gasteiger partial charge in [-0.05, 0) is 119 Å². The molecule has 0 unspecified atom stereocenters. The molecule has 6 aromatic carbocycles. The Labute approximate surface area is 226 Å².